The standard InChI is InChI=1S/C13H26N2O/c1-10(2)15(7-11-3-4-11)8-13(14)12-5-6-16-9-12/h10-13H,3-9,14H2,1-2H3. The Morgan fingerprint density at radius 1 is 1.31 bits per heavy atom. The van der Waals surface area contributed by atoms with Crippen molar-refractivity contribution in [3.63, 3.8) is 0 Å². The molecule has 2 fully saturated rings. The lowest BCUT2D eigenvalue weighted by molar-refractivity contribution is 0.156. The van der Waals surface area contributed by atoms with Gasteiger partial charge in [0.15, 0.2) is 0 Å². The van der Waals surface area contributed by atoms with Crippen molar-refractivity contribution in [3.05, 3.63) is 0 Å². The van der Waals surface area contributed by atoms with Crippen LogP contribution in [0.2, 0.25) is 0 Å². The molecule has 1 heterocycles. The molecular weight excluding hydrogens is 200 g/mol. The first-order valence-electron chi connectivity index (χ1n) is 6.74. The maximum absolute atomic E-state index is 6.29. The van der Waals surface area contributed by atoms with Gasteiger partial charge in [0.1, 0.15) is 0 Å². The minimum atomic E-state index is 0.295. The summed E-state index contributed by atoms with van der Waals surface area (Å²) in [5.74, 6) is 1.54. The maximum atomic E-state index is 6.29. The summed E-state index contributed by atoms with van der Waals surface area (Å²) >= 11 is 0. The van der Waals surface area contributed by atoms with Gasteiger partial charge in [-0.3, -0.25) is 4.90 Å². The van der Waals surface area contributed by atoms with Gasteiger partial charge >= 0.3 is 0 Å². The van der Waals surface area contributed by atoms with Crippen LogP contribution in [0.1, 0.15) is 33.1 Å². The highest BCUT2D eigenvalue weighted by Gasteiger charge is 2.29. The highest BCUT2D eigenvalue weighted by atomic mass is 16.5. The summed E-state index contributed by atoms with van der Waals surface area (Å²) in [4.78, 5) is 2.56. The molecule has 0 amide bonds. The average molecular weight is 226 g/mol. The summed E-state index contributed by atoms with van der Waals surface area (Å²) < 4.78 is 5.42. The summed E-state index contributed by atoms with van der Waals surface area (Å²) in [6.45, 7) is 8.63. The van der Waals surface area contributed by atoms with Gasteiger partial charge in [0.05, 0.1) is 6.61 Å². The number of hydrogen-bond donors (Lipinski definition) is 1. The van der Waals surface area contributed by atoms with Crippen molar-refractivity contribution in [2.24, 2.45) is 17.6 Å². The van der Waals surface area contributed by atoms with E-state index in [0.29, 0.717) is 18.0 Å². The SMILES string of the molecule is CC(C)N(CC1CC1)CC(N)C1CCOC1. The fraction of sp³-hybridized carbons (Fsp3) is 1.00. The van der Waals surface area contributed by atoms with Gasteiger partial charge in [0.25, 0.3) is 0 Å². The third kappa shape index (κ3) is 3.44. The van der Waals surface area contributed by atoms with E-state index in [0.717, 1.165) is 32.1 Å². The van der Waals surface area contributed by atoms with Crippen LogP contribution in [0.3, 0.4) is 0 Å². The Morgan fingerprint density at radius 2 is 2.06 bits per heavy atom. The summed E-state index contributed by atoms with van der Waals surface area (Å²) in [5.41, 5.74) is 6.29. The van der Waals surface area contributed by atoms with Crippen LogP contribution in [0, 0.1) is 11.8 Å². The molecule has 2 atom stereocenters. The normalized spacial score (nSPS) is 27.9. The summed E-state index contributed by atoms with van der Waals surface area (Å²) in [6, 6.07) is 0.914. The van der Waals surface area contributed by atoms with Crippen molar-refractivity contribution in [2.45, 2.75) is 45.2 Å². The Balaban J connectivity index is 1.78. The molecule has 16 heavy (non-hydrogen) atoms. The van der Waals surface area contributed by atoms with Crippen LogP contribution in [0.15, 0.2) is 0 Å². The van der Waals surface area contributed by atoms with Crippen molar-refractivity contribution < 1.29 is 4.74 Å². The molecule has 1 aliphatic carbocycles. The minimum absolute atomic E-state index is 0.295. The van der Waals surface area contributed by atoms with Gasteiger partial charge < -0.3 is 10.5 Å². The lowest BCUT2D eigenvalue weighted by Gasteiger charge is -2.31. The highest BCUT2D eigenvalue weighted by Crippen LogP contribution is 2.30. The molecule has 0 radical (unpaired) electrons. The van der Waals surface area contributed by atoms with Gasteiger partial charge in [0.2, 0.25) is 0 Å². The Kier molecular flexibility index (Phi) is 4.22. The second-order valence-corrected chi connectivity index (χ2v) is 5.78. The lowest BCUT2D eigenvalue weighted by atomic mass is 9.99. The first-order valence-corrected chi connectivity index (χ1v) is 6.74. The number of nitrogens with two attached hydrogens (primary N) is 1. The molecule has 2 aliphatic rings. The van der Waals surface area contributed by atoms with Crippen LogP contribution < -0.4 is 5.73 Å². The third-order valence-corrected chi connectivity index (χ3v) is 3.94. The Morgan fingerprint density at radius 3 is 2.56 bits per heavy atom. The fourth-order valence-electron chi connectivity index (χ4n) is 2.44. The minimum Gasteiger partial charge on any atom is -0.381 e. The fourth-order valence-corrected chi connectivity index (χ4v) is 2.44. The second-order valence-electron chi connectivity index (χ2n) is 5.78. The van der Waals surface area contributed by atoms with E-state index in [1.165, 1.54) is 19.4 Å². The van der Waals surface area contributed by atoms with Gasteiger partial charge in [-0.2, -0.15) is 0 Å². The largest absolute Gasteiger partial charge is 0.381 e. The van der Waals surface area contributed by atoms with Gasteiger partial charge in [-0.25, -0.2) is 0 Å². The maximum Gasteiger partial charge on any atom is 0.0510 e. The molecule has 2 rings (SSSR count). The monoisotopic (exact) mass is 226 g/mol. The topological polar surface area (TPSA) is 38.5 Å². The predicted octanol–water partition coefficient (Wildman–Crippen LogP) is 1.47. The highest BCUT2D eigenvalue weighted by molar-refractivity contribution is 4.84. The molecule has 2 unspecified atom stereocenters. The zero-order chi connectivity index (χ0) is 11.5. The number of rotatable bonds is 6. The molecule has 3 nitrogen and oxygen atoms in total. The van der Waals surface area contributed by atoms with Gasteiger partial charge in [-0.05, 0) is 39.0 Å². The molecule has 94 valence electrons. The lowest BCUT2D eigenvalue weighted by Crippen LogP contribution is -2.45. The summed E-state index contributed by atoms with van der Waals surface area (Å²) in [5, 5.41) is 0. The summed E-state index contributed by atoms with van der Waals surface area (Å²) in [7, 11) is 0. The molecular formula is C13H26N2O. The van der Waals surface area contributed by atoms with E-state index in [4.69, 9.17) is 10.5 Å². The zero-order valence-electron chi connectivity index (χ0n) is 10.7. The number of nitrogens with zero attached hydrogens (tertiary/aromatic N) is 1. The van der Waals surface area contributed by atoms with E-state index in [9.17, 15) is 0 Å². The van der Waals surface area contributed by atoms with Crippen LogP contribution >= 0.6 is 0 Å². The van der Waals surface area contributed by atoms with Crippen molar-refractivity contribution >= 4 is 0 Å². The molecule has 0 bridgehead atoms. The van der Waals surface area contributed by atoms with E-state index in [2.05, 4.69) is 18.7 Å². The molecule has 0 spiro atoms. The Labute approximate surface area is 99.3 Å². The average Bonchev–Trinajstić information content (AvgIpc) is 2.89. The Bertz CT molecular complexity index is 210. The molecule has 0 aromatic rings. The number of ether oxygens (including phenoxy) is 1. The summed E-state index contributed by atoms with van der Waals surface area (Å²) in [6.07, 6.45) is 3.99. The quantitative estimate of drug-likeness (QED) is 0.745. The van der Waals surface area contributed by atoms with E-state index < -0.39 is 0 Å². The van der Waals surface area contributed by atoms with E-state index in [-0.39, 0.29) is 0 Å². The molecule has 0 aromatic carbocycles. The van der Waals surface area contributed by atoms with Crippen molar-refractivity contribution in [1.82, 2.24) is 4.90 Å². The molecule has 0 aromatic heterocycles. The molecule has 2 N–H and O–H groups in total. The van der Waals surface area contributed by atoms with E-state index >= 15 is 0 Å². The van der Waals surface area contributed by atoms with Gasteiger partial charge in [-0.15, -0.1) is 0 Å². The van der Waals surface area contributed by atoms with Crippen LogP contribution in [0.5, 0.6) is 0 Å². The molecule has 3 heteroatoms. The van der Waals surface area contributed by atoms with Crippen LogP contribution in [-0.4, -0.2) is 43.3 Å². The zero-order valence-corrected chi connectivity index (χ0v) is 10.7. The molecule has 1 aliphatic heterocycles. The van der Waals surface area contributed by atoms with Gasteiger partial charge in [0, 0.05) is 37.7 Å². The molecule has 1 saturated carbocycles. The first kappa shape index (κ1) is 12.3. The van der Waals surface area contributed by atoms with Crippen LogP contribution in [0.4, 0.5) is 0 Å². The van der Waals surface area contributed by atoms with E-state index in [1.807, 2.05) is 0 Å². The van der Waals surface area contributed by atoms with Gasteiger partial charge in [-0.1, -0.05) is 0 Å². The Hall–Kier alpha value is -0.120. The van der Waals surface area contributed by atoms with Crippen molar-refractivity contribution in [1.29, 1.82) is 0 Å². The van der Waals surface area contributed by atoms with Crippen LogP contribution in [-0.2, 0) is 4.74 Å². The van der Waals surface area contributed by atoms with E-state index in [1.54, 1.807) is 0 Å². The predicted molar refractivity (Wildman–Crippen MR) is 66.3 cm³/mol. The smallest absolute Gasteiger partial charge is 0.0510 e. The first-order chi connectivity index (χ1) is 7.66. The second kappa shape index (κ2) is 5.48. The molecule has 1 saturated heterocycles. The van der Waals surface area contributed by atoms with Crippen LogP contribution in [0.25, 0.3) is 0 Å². The van der Waals surface area contributed by atoms with Crippen molar-refractivity contribution in [2.75, 3.05) is 26.3 Å². The van der Waals surface area contributed by atoms with Crippen molar-refractivity contribution in [3.8, 4) is 0 Å². The number of hydrogen-bond acceptors (Lipinski definition) is 3. The third-order valence-electron chi connectivity index (χ3n) is 3.94.